The first-order chi connectivity index (χ1) is 10.1. The summed E-state index contributed by atoms with van der Waals surface area (Å²) in [4.78, 5) is 23.4. The quantitative estimate of drug-likeness (QED) is 0.875. The van der Waals surface area contributed by atoms with E-state index in [2.05, 4.69) is 29.1 Å². The molecule has 0 radical (unpaired) electrons. The van der Waals surface area contributed by atoms with Crippen LogP contribution in [0, 0.1) is 5.92 Å². The molecular formula is C16H26N4O. The number of nitrogens with one attached hydrogen (secondary N) is 1. The molecule has 0 saturated heterocycles. The first-order valence-corrected chi connectivity index (χ1v) is 7.98. The maximum atomic E-state index is 12.8. The third-order valence-electron chi connectivity index (χ3n) is 3.80. The molecule has 0 unspecified atom stereocenters. The monoisotopic (exact) mass is 290 g/mol. The van der Waals surface area contributed by atoms with Crippen LogP contribution in [0.1, 0.15) is 56.9 Å². The number of carbonyl (C=O) groups excluding carboxylic acids is 1. The molecule has 1 amide bonds. The van der Waals surface area contributed by atoms with Crippen LogP contribution in [-0.2, 0) is 0 Å². The molecular weight excluding hydrogens is 264 g/mol. The van der Waals surface area contributed by atoms with Gasteiger partial charge in [-0.2, -0.15) is 0 Å². The molecule has 1 N–H and O–H groups in total. The topological polar surface area (TPSA) is 58.1 Å². The van der Waals surface area contributed by atoms with Gasteiger partial charge >= 0.3 is 0 Å². The predicted molar refractivity (Wildman–Crippen MR) is 84.3 cm³/mol. The lowest BCUT2D eigenvalue weighted by Crippen LogP contribution is -2.41. The lowest BCUT2D eigenvalue weighted by Gasteiger charge is -2.30. The van der Waals surface area contributed by atoms with Crippen molar-refractivity contribution in [3.8, 4) is 0 Å². The van der Waals surface area contributed by atoms with Gasteiger partial charge in [0.25, 0.3) is 5.91 Å². The van der Waals surface area contributed by atoms with Crippen molar-refractivity contribution in [2.75, 3.05) is 18.4 Å². The van der Waals surface area contributed by atoms with Gasteiger partial charge in [-0.25, -0.2) is 4.98 Å². The van der Waals surface area contributed by atoms with Crippen LogP contribution in [0.5, 0.6) is 0 Å². The number of rotatable bonds is 6. The van der Waals surface area contributed by atoms with Crippen molar-refractivity contribution in [3.63, 3.8) is 0 Å². The number of aromatic nitrogens is 2. The van der Waals surface area contributed by atoms with Crippen LogP contribution in [-0.4, -0.2) is 39.9 Å². The Balaban J connectivity index is 2.18. The standard InChI is InChI=1S/C16H26N4O/c1-4-18-15-10-17-9-14(19-15)16(21)20(11-12(2)3)13-7-5-6-8-13/h9-10,12-13H,4-8,11H2,1-3H3,(H,18,19). The molecule has 1 aromatic heterocycles. The van der Waals surface area contributed by atoms with E-state index in [4.69, 9.17) is 0 Å². The van der Waals surface area contributed by atoms with E-state index >= 15 is 0 Å². The van der Waals surface area contributed by atoms with Crippen LogP contribution < -0.4 is 5.32 Å². The number of hydrogen-bond acceptors (Lipinski definition) is 4. The molecule has 5 nitrogen and oxygen atoms in total. The van der Waals surface area contributed by atoms with Gasteiger partial charge in [0.2, 0.25) is 0 Å². The van der Waals surface area contributed by atoms with Crippen molar-refractivity contribution in [1.82, 2.24) is 14.9 Å². The summed E-state index contributed by atoms with van der Waals surface area (Å²) in [5.74, 6) is 1.14. The molecule has 0 atom stereocenters. The highest BCUT2D eigenvalue weighted by molar-refractivity contribution is 5.92. The zero-order valence-corrected chi connectivity index (χ0v) is 13.3. The summed E-state index contributed by atoms with van der Waals surface area (Å²) in [6.07, 6.45) is 7.89. The zero-order chi connectivity index (χ0) is 15.2. The Hall–Kier alpha value is -1.65. The van der Waals surface area contributed by atoms with Gasteiger partial charge < -0.3 is 10.2 Å². The van der Waals surface area contributed by atoms with Crippen molar-refractivity contribution >= 4 is 11.7 Å². The van der Waals surface area contributed by atoms with Gasteiger partial charge in [-0.15, -0.1) is 0 Å². The van der Waals surface area contributed by atoms with Gasteiger partial charge in [-0.3, -0.25) is 9.78 Å². The van der Waals surface area contributed by atoms with Gasteiger partial charge in [0.15, 0.2) is 0 Å². The summed E-state index contributed by atoms with van der Waals surface area (Å²) in [6.45, 7) is 7.85. The molecule has 2 rings (SSSR count). The molecule has 0 aromatic carbocycles. The van der Waals surface area contributed by atoms with E-state index < -0.39 is 0 Å². The summed E-state index contributed by atoms with van der Waals surface area (Å²) in [5, 5.41) is 3.11. The maximum absolute atomic E-state index is 12.8. The van der Waals surface area contributed by atoms with Crippen LogP contribution >= 0.6 is 0 Å². The molecule has 1 aromatic rings. The average molecular weight is 290 g/mol. The van der Waals surface area contributed by atoms with Crippen LogP contribution in [0.2, 0.25) is 0 Å². The van der Waals surface area contributed by atoms with Gasteiger partial charge in [-0.1, -0.05) is 26.7 Å². The molecule has 5 heteroatoms. The van der Waals surface area contributed by atoms with Crippen molar-refractivity contribution in [2.24, 2.45) is 5.92 Å². The Morgan fingerprint density at radius 2 is 2.10 bits per heavy atom. The number of anilines is 1. The number of carbonyl (C=O) groups is 1. The normalized spacial score (nSPS) is 15.4. The predicted octanol–water partition coefficient (Wildman–Crippen LogP) is 2.95. The summed E-state index contributed by atoms with van der Waals surface area (Å²) in [6, 6.07) is 0.365. The molecule has 0 aliphatic heterocycles. The van der Waals surface area contributed by atoms with Gasteiger partial charge in [0, 0.05) is 19.1 Å². The first-order valence-electron chi connectivity index (χ1n) is 7.98. The smallest absolute Gasteiger partial charge is 0.274 e. The van der Waals surface area contributed by atoms with Gasteiger partial charge in [-0.05, 0) is 25.7 Å². The van der Waals surface area contributed by atoms with Crippen LogP contribution in [0.25, 0.3) is 0 Å². The molecule has 1 aliphatic carbocycles. The van der Waals surface area contributed by atoms with Crippen LogP contribution in [0.3, 0.4) is 0 Å². The second-order valence-corrected chi connectivity index (χ2v) is 6.11. The molecule has 1 saturated carbocycles. The highest BCUT2D eigenvalue weighted by Gasteiger charge is 2.28. The van der Waals surface area contributed by atoms with E-state index in [1.54, 1.807) is 12.4 Å². The lowest BCUT2D eigenvalue weighted by atomic mass is 10.1. The fourth-order valence-corrected chi connectivity index (χ4v) is 2.89. The SMILES string of the molecule is CCNc1cncc(C(=O)N(CC(C)C)C2CCCC2)n1. The third-order valence-corrected chi connectivity index (χ3v) is 3.80. The van der Waals surface area contributed by atoms with Crippen LogP contribution in [0.15, 0.2) is 12.4 Å². The first kappa shape index (κ1) is 15.7. The van der Waals surface area contributed by atoms with E-state index in [1.165, 1.54) is 12.8 Å². The second kappa shape index (κ2) is 7.38. The van der Waals surface area contributed by atoms with Crippen molar-refractivity contribution in [2.45, 2.75) is 52.5 Å². The van der Waals surface area contributed by atoms with E-state index in [0.29, 0.717) is 23.5 Å². The number of amides is 1. The lowest BCUT2D eigenvalue weighted by molar-refractivity contribution is 0.0649. The Morgan fingerprint density at radius 3 is 2.71 bits per heavy atom. The average Bonchev–Trinajstić information content (AvgIpc) is 2.98. The van der Waals surface area contributed by atoms with Gasteiger partial charge in [0.05, 0.1) is 12.4 Å². The summed E-state index contributed by atoms with van der Waals surface area (Å²) in [5.41, 5.74) is 0.445. The van der Waals surface area contributed by atoms with E-state index in [-0.39, 0.29) is 5.91 Å². The fourth-order valence-electron chi connectivity index (χ4n) is 2.89. The second-order valence-electron chi connectivity index (χ2n) is 6.11. The van der Waals surface area contributed by atoms with E-state index in [0.717, 1.165) is 25.9 Å². The summed E-state index contributed by atoms with van der Waals surface area (Å²) in [7, 11) is 0. The van der Waals surface area contributed by atoms with Crippen molar-refractivity contribution in [1.29, 1.82) is 0 Å². The zero-order valence-electron chi connectivity index (χ0n) is 13.3. The highest BCUT2D eigenvalue weighted by atomic mass is 16.2. The molecule has 1 fully saturated rings. The minimum absolute atomic E-state index is 0.0165. The Labute approximate surface area is 127 Å². The number of nitrogens with zero attached hydrogens (tertiary/aromatic N) is 3. The largest absolute Gasteiger partial charge is 0.369 e. The molecule has 1 aliphatic rings. The Bertz CT molecular complexity index is 469. The Kier molecular flexibility index (Phi) is 5.53. The molecule has 21 heavy (non-hydrogen) atoms. The molecule has 0 bridgehead atoms. The molecule has 1 heterocycles. The van der Waals surface area contributed by atoms with Crippen LogP contribution in [0.4, 0.5) is 5.82 Å². The minimum atomic E-state index is 0.0165. The minimum Gasteiger partial charge on any atom is -0.369 e. The summed E-state index contributed by atoms with van der Waals surface area (Å²) >= 11 is 0. The van der Waals surface area contributed by atoms with E-state index in [1.807, 2.05) is 11.8 Å². The fraction of sp³-hybridized carbons (Fsp3) is 0.688. The van der Waals surface area contributed by atoms with E-state index in [9.17, 15) is 4.79 Å². The van der Waals surface area contributed by atoms with Gasteiger partial charge in [0.1, 0.15) is 11.5 Å². The third kappa shape index (κ3) is 4.16. The van der Waals surface area contributed by atoms with Crippen molar-refractivity contribution < 1.29 is 4.79 Å². The van der Waals surface area contributed by atoms with Crippen molar-refractivity contribution in [3.05, 3.63) is 18.1 Å². The highest BCUT2D eigenvalue weighted by Crippen LogP contribution is 2.25. The number of hydrogen-bond donors (Lipinski definition) is 1. The molecule has 116 valence electrons. The molecule has 0 spiro atoms. The maximum Gasteiger partial charge on any atom is 0.274 e. The Morgan fingerprint density at radius 1 is 1.38 bits per heavy atom. The summed E-state index contributed by atoms with van der Waals surface area (Å²) < 4.78 is 0.